The van der Waals surface area contributed by atoms with Crippen molar-refractivity contribution < 1.29 is 4.52 Å². The van der Waals surface area contributed by atoms with E-state index < -0.39 is 0 Å². The molecule has 60 valence electrons. The van der Waals surface area contributed by atoms with Crippen LogP contribution in [-0.4, -0.2) is 11.1 Å². The molecule has 0 fully saturated rings. The van der Waals surface area contributed by atoms with Crippen LogP contribution in [0.3, 0.4) is 0 Å². The molecule has 1 heterocycles. The predicted octanol–water partition coefficient (Wildman–Crippen LogP) is 0.196. The molecule has 0 spiro atoms. The smallest absolute Gasteiger partial charge is 0.256 e. The van der Waals surface area contributed by atoms with Crippen LogP contribution in [0, 0.1) is 13.8 Å². The van der Waals surface area contributed by atoms with E-state index in [0.29, 0.717) is 5.88 Å². The van der Waals surface area contributed by atoms with Gasteiger partial charge in [0.15, 0.2) is 5.96 Å². The van der Waals surface area contributed by atoms with Gasteiger partial charge in [0.25, 0.3) is 5.88 Å². The van der Waals surface area contributed by atoms with Crippen LogP contribution in [0.5, 0.6) is 0 Å². The Balaban J connectivity index is 3.06. The average Bonchev–Trinajstić information content (AvgIpc) is 2.18. The van der Waals surface area contributed by atoms with E-state index in [4.69, 9.17) is 16.0 Å². The van der Waals surface area contributed by atoms with E-state index in [1.807, 2.05) is 13.8 Å². The van der Waals surface area contributed by atoms with Crippen molar-refractivity contribution in [2.75, 3.05) is 0 Å². The first kappa shape index (κ1) is 7.59. The van der Waals surface area contributed by atoms with Crippen molar-refractivity contribution in [3.8, 4) is 0 Å². The zero-order valence-electron chi connectivity index (χ0n) is 6.46. The van der Waals surface area contributed by atoms with Gasteiger partial charge in [0.1, 0.15) is 0 Å². The maximum absolute atomic E-state index is 5.14. The number of nitrogens with zero attached hydrogens (tertiary/aromatic N) is 2. The van der Waals surface area contributed by atoms with Gasteiger partial charge in [-0.2, -0.15) is 4.99 Å². The standard InChI is InChI=1S/C6H10N4O/c1-3-4(2)10-11-5(3)9-6(7)8/h1-2H3,(H4,7,8,9). The van der Waals surface area contributed by atoms with E-state index in [2.05, 4.69) is 10.1 Å². The Morgan fingerprint density at radius 3 is 2.45 bits per heavy atom. The number of aryl methyl sites for hydroxylation is 1. The van der Waals surface area contributed by atoms with Crippen molar-refractivity contribution in [3.05, 3.63) is 11.3 Å². The summed E-state index contributed by atoms with van der Waals surface area (Å²) in [6, 6.07) is 0. The lowest BCUT2D eigenvalue weighted by Gasteiger charge is -1.88. The Labute approximate surface area is 64.1 Å². The lowest BCUT2D eigenvalue weighted by Crippen LogP contribution is -2.21. The number of hydrogen-bond donors (Lipinski definition) is 2. The topological polar surface area (TPSA) is 90.4 Å². The molecule has 4 N–H and O–H groups in total. The number of nitrogens with two attached hydrogens (primary N) is 2. The monoisotopic (exact) mass is 154 g/mol. The summed E-state index contributed by atoms with van der Waals surface area (Å²) in [6.07, 6.45) is 0. The van der Waals surface area contributed by atoms with E-state index in [1.54, 1.807) is 0 Å². The molecule has 1 rings (SSSR count). The second-order valence-electron chi connectivity index (χ2n) is 2.23. The summed E-state index contributed by atoms with van der Waals surface area (Å²) < 4.78 is 4.81. The van der Waals surface area contributed by atoms with Crippen LogP contribution in [0.2, 0.25) is 0 Å². The molecule has 0 saturated heterocycles. The molecule has 0 bridgehead atoms. The molecule has 0 atom stereocenters. The van der Waals surface area contributed by atoms with Gasteiger partial charge in [-0.15, -0.1) is 0 Å². The summed E-state index contributed by atoms with van der Waals surface area (Å²) in [7, 11) is 0. The van der Waals surface area contributed by atoms with Crippen LogP contribution in [0.15, 0.2) is 9.52 Å². The third-order valence-corrected chi connectivity index (χ3v) is 1.36. The molecule has 5 heteroatoms. The van der Waals surface area contributed by atoms with E-state index in [-0.39, 0.29) is 5.96 Å². The van der Waals surface area contributed by atoms with Crippen molar-refractivity contribution in [1.29, 1.82) is 0 Å². The fourth-order valence-electron chi connectivity index (χ4n) is 0.625. The zero-order valence-corrected chi connectivity index (χ0v) is 6.46. The Bertz CT molecular complexity index is 285. The Hall–Kier alpha value is -1.52. The summed E-state index contributed by atoms with van der Waals surface area (Å²) in [4.78, 5) is 3.72. The van der Waals surface area contributed by atoms with Crippen molar-refractivity contribution in [2.24, 2.45) is 16.5 Å². The van der Waals surface area contributed by atoms with Crippen molar-refractivity contribution in [1.82, 2.24) is 5.16 Å². The van der Waals surface area contributed by atoms with Crippen molar-refractivity contribution in [3.63, 3.8) is 0 Å². The van der Waals surface area contributed by atoms with Gasteiger partial charge in [-0.3, -0.25) is 0 Å². The molecule has 1 aromatic rings. The van der Waals surface area contributed by atoms with Crippen LogP contribution < -0.4 is 11.5 Å². The SMILES string of the molecule is Cc1noc(N=C(N)N)c1C. The quantitative estimate of drug-likeness (QED) is 0.446. The van der Waals surface area contributed by atoms with Crippen LogP contribution in [0.25, 0.3) is 0 Å². The highest BCUT2D eigenvalue weighted by atomic mass is 16.5. The van der Waals surface area contributed by atoms with E-state index in [9.17, 15) is 0 Å². The van der Waals surface area contributed by atoms with Gasteiger partial charge in [-0.25, -0.2) is 0 Å². The largest absolute Gasteiger partial charge is 0.370 e. The number of hydrogen-bond acceptors (Lipinski definition) is 3. The second kappa shape index (κ2) is 2.61. The molecule has 0 aromatic carbocycles. The summed E-state index contributed by atoms with van der Waals surface area (Å²) in [5.74, 6) is 0.353. The van der Waals surface area contributed by atoms with Crippen LogP contribution >= 0.6 is 0 Å². The van der Waals surface area contributed by atoms with Gasteiger partial charge in [0, 0.05) is 5.56 Å². The van der Waals surface area contributed by atoms with E-state index in [0.717, 1.165) is 11.3 Å². The highest BCUT2D eigenvalue weighted by molar-refractivity contribution is 5.78. The predicted molar refractivity (Wildman–Crippen MR) is 41.4 cm³/mol. The molecule has 0 unspecified atom stereocenters. The molecular weight excluding hydrogens is 144 g/mol. The average molecular weight is 154 g/mol. The molecular formula is C6H10N4O. The number of aromatic nitrogens is 1. The summed E-state index contributed by atoms with van der Waals surface area (Å²) in [5.41, 5.74) is 11.9. The molecule has 0 amide bonds. The molecule has 1 aromatic heterocycles. The minimum Gasteiger partial charge on any atom is -0.370 e. The minimum absolute atomic E-state index is 0.0238. The lowest BCUT2D eigenvalue weighted by atomic mass is 10.3. The maximum atomic E-state index is 5.14. The van der Waals surface area contributed by atoms with E-state index in [1.165, 1.54) is 0 Å². The summed E-state index contributed by atoms with van der Waals surface area (Å²) >= 11 is 0. The molecule has 0 aliphatic heterocycles. The van der Waals surface area contributed by atoms with Crippen molar-refractivity contribution in [2.45, 2.75) is 13.8 Å². The van der Waals surface area contributed by atoms with Gasteiger partial charge in [-0.1, -0.05) is 5.16 Å². The van der Waals surface area contributed by atoms with Gasteiger partial charge >= 0.3 is 0 Å². The first-order chi connectivity index (χ1) is 5.11. The maximum Gasteiger partial charge on any atom is 0.256 e. The van der Waals surface area contributed by atoms with Gasteiger partial charge < -0.3 is 16.0 Å². The fourth-order valence-corrected chi connectivity index (χ4v) is 0.625. The summed E-state index contributed by atoms with van der Waals surface area (Å²) in [6.45, 7) is 3.66. The third kappa shape index (κ3) is 1.49. The highest BCUT2D eigenvalue weighted by Gasteiger charge is 2.05. The van der Waals surface area contributed by atoms with E-state index >= 15 is 0 Å². The Kier molecular flexibility index (Phi) is 1.80. The number of aliphatic imine (C=N–C) groups is 1. The highest BCUT2D eigenvalue weighted by Crippen LogP contribution is 2.19. The molecule has 11 heavy (non-hydrogen) atoms. The van der Waals surface area contributed by atoms with Crippen LogP contribution in [0.1, 0.15) is 11.3 Å². The number of guanidine groups is 1. The summed E-state index contributed by atoms with van der Waals surface area (Å²) in [5, 5.41) is 3.68. The minimum atomic E-state index is -0.0238. The first-order valence-corrected chi connectivity index (χ1v) is 3.13. The molecule has 0 aliphatic rings. The number of rotatable bonds is 1. The van der Waals surface area contributed by atoms with Crippen LogP contribution in [0.4, 0.5) is 5.88 Å². The lowest BCUT2D eigenvalue weighted by molar-refractivity contribution is 0.425. The van der Waals surface area contributed by atoms with Crippen LogP contribution in [-0.2, 0) is 0 Å². The van der Waals surface area contributed by atoms with Gasteiger partial charge in [0.2, 0.25) is 0 Å². The fraction of sp³-hybridized carbons (Fsp3) is 0.333. The molecule has 0 saturated carbocycles. The second-order valence-corrected chi connectivity index (χ2v) is 2.23. The molecule has 0 aliphatic carbocycles. The van der Waals surface area contributed by atoms with Gasteiger partial charge in [-0.05, 0) is 13.8 Å². The normalized spacial score (nSPS) is 9.64. The van der Waals surface area contributed by atoms with Crippen molar-refractivity contribution >= 4 is 11.8 Å². The zero-order chi connectivity index (χ0) is 8.43. The Morgan fingerprint density at radius 2 is 2.09 bits per heavy atom. The molecule has 5 nitrogen and oxygen atoms in total. The van der Waals surface area contributed by atoms with Gasteiger partial charge in [0.05, 0.1) is 5.69 Å². The first-order valence-electron chi connectivity index (χ1n) is 3.13. The Morgan fingerprint density at radius 1 is 1.45 bits per heavy atom. The third-order valence-electron chi connectivity index (χ3n) is 1.36. The molecule has 0 radical (unpaired) electrons.